The van der Waals surface area contributed by atoms with Gasteiger partial charge < -0.3 is 14.6 Å². The number of aliphatic hydroxyl groups is 1. The van der Waals surface area contributed by atoms with Crippen LogP contribution in [0.25, 0.3) is 6.08 Å². The van der Waals surface area contributed by atoms with Crippen molar-refractivity contribution in [3.8, 4) is 11.5 Å². The number of amides is 1. The van der Waals surface area contributed by atoms with Crippen LogP contribution in [0.1, 0.15) is 17.2 Å². The first kappa shape index (κ1) is 21.9. The summed E-state index contributed by atoms with van der Waals surface area (Å²) >= 11 is 0. The zero-order valence-electron chi connectivity index (χ0n) is 18.3. The molecule has 1 N–H and O–H groups in total. The van der Waals surface area contributed by atoms with E-state index < -0.39 is 23.5 Å². The van der Waals surface area contributed by atoms with Crippen LogP contribution in [0.2, 0.25) is 0 Å². The molecule has 0 saturated heterocycles. The van der Waals surface area contributed by atoms with E-state index in [-0.39, 0.29) is 5.57 Å². The molecule has 3 aromatic rings. The molecule has 1 heterocycles. The summed E-state index contributed by atoms with van der Waals surface area (Å²) in [5.41, 5.74) is 2.00. The molecule has 0 spiro atoms. The smallest absolute Gasteiger partial charge is 0.294 e. The zero-order valence-corrected chi connectivity index (χ0v) is 18.3. The van der Waals surface area contributed by atoms with Gasteiger partial charge in [0.1, 0.15) is 0 Å². The fraction of sp³-hybridized carbons (Fsp3) is 0.111. The van der Waals surface area contributed by atoms with Crippen molar-refractivity contribution >= 4 is 23.5 Å². The number of allylic oxidation sites excluding steroid dienone is 1. The average Bonchev–Trinajstić information content (AvgIpc) is 3.13. The summed E-state index contributed by atoms with van der Waals surface area (Å²) in [5.74, 6) is -0.697. The van der Waals surface area contributed by atoms with Gasteiger partial charge in [-0.3, -0.25) is 14.5 Å². The lowest BCUT2D eigenvalue weighted by molar-refractivity contribution is -0.117. The largest absolute Gasteiger partial charge is 0.503 e. The normalized spacial score (nSPS) is 15.9. The molecule has 33 heavy (non-hydrogen) atoms. The van der Waals surface area contributed by atoms with E-state index in [2.05, 4.69) is 0 Å². The quantitative estimate of drug-likeness (QED) is 0.529. The van der Waals surface area contributed by atoms with Crippen molar-refractivity contribution in [2.24, 2.45) is 0 Å². The number of ketones is 1. The monoisotopic (exact) mass is 441 g/mol. The van der Waals surface area contributed by atoms with Gasteiger partial charge in [0.2, 0.25) is 0 Å². The molecule has 3 aromatic carbocycles. The molecule has 6 heteroatoms. The predicted molar refractivity (Wildman–Crippen MR) is 126 cm³/mol. The number of carbonyl (C=O) groups excluding carboxylic acids is 2. The molecule has 166 valence electrons. The topological polar surface area (TPSA) is 76.1 Å². The molecule has 1 amide bonds. The first-order valence-corrected chi connectivity index (χ1v) is 10.4. The van der Waals surface area contributed by atoms with Gasteiger partial charge in [-0.25, -0.2) is 0 Å². The molecular weight excluding hydrogens is 418 g/mol. The van der Waals surface area contributed by atoms with Gasteiger partial charge in [0.05, 0.1) is 25.8 Å². The van der Waals surface area contributed by atoms with Gasteiger partial charge in [-0.05, 0) is 41.5 Å². The minimum Gasteiger partial charge on any atom is -0.503 e. The highest BCUT2D eigenvalue weighted by atomic mass is 16.5. The van der Waals surface area contributed by atoms with E-state index in [1.165, 1.54) is 25.2 Å². The van der Waals surface area contributed by atoms with Gasteiger partial charge in [0.15, 0.2) is 23.0 Å². The number of aliphatic hydroxyl groups excluding tert-OH is 1. The molecule has 0 radical (unpaired) electrons. The fourth-order valence-corrected chi connectivity index (χ4v) is 3.88. The molecule has 0 bridgehead atoms. The summed E-state index contributed by atoms with van der Waals surface area (Å²) in [6, 6.07) is 22.6. The Morgan fingerprint density at radius 3 is 2.18 bits per heavy atom. The van der Waals surface area contributed by atoms with Crippen LogP contribution in [-0.4, -0.2) is 31.0 Å². The minimum atomic E-state index is -0.840. The third-order valence-corrected chi connectivity index (χ3v) is 5.46. The highest BCUT2D eigenvalue weighted by molar-refractivity contribution is 6.19. The van der Waals surface area contributed by atoms with Crippen molar-refractivity contribution in [1.29, 1.82) is 0 Å². The van der Waals surface area contributed by atoms with Crippen LogP contribution in [0.3, 0.4) is 0 Å². The van der Waals surface area contributed by atoms with E-state index in [4.69, 9.17) is 9.47 Å². The van der Waals surface area contributed by atoms with E-state index >= 15 is 0 Å². The van der Waals surface area contributed by atoms with Crippen LogP contribution in [0, 0.1) is 0 Å². The zero-order chi connectivity index (χ0) is 23.4. The van der Waals surface area contributed by atoms with Gasteiger partial charge in [-0.1, -0.05) is 60.7 Å². The SMILES string of the molecule is COc1ccc([C@@H]2C(C(=O)/C=C/c3ccccc3)=C(O)C(=O)N2c2ccccc2)cc1OC. The highest BCUT2D eigenvalue weighted by Crippen LogP contribution is 2.43. The van der Waals surface area contributed by atoms with E-state index in [1.807, 2.05) is 36.4 Å². The Morgan fingerprint density at radius 1 is 0.909 bits per heavy atom. The highest BCUT2D eigenvalue weighted by Gasteiger charge is 2.44. The number of para-hydroxylation sites is 1. The van der Waals surface area contributed by atoms with Crippen LogP contribution in [0.4, 0.5) is 5.69 Å². The summed E-state index contributed by atoms with van der Waals surface area (Å²) in [7, 11) is 3.04. The maximum absolute atomic E-state index is 13.3. The Hall–Kier alpha value is -4.32. The van der Waals surface area contributed by atoms with Crippen LogP contribution < -0.4 is 14.4 Å². The Morgan fingerprint density at radius 2 is 1.55 bits per heavy atom. The molecule has 1 aliphatic heterocycles. The van der Waals surface area contributed by atoms with Crippen LogP contribution >= 0.6 is 0 Å². The predicted octanol–water partition coefficient (Wildman–Crippen LogP) is 4.89. The minimum absolute atomic E-state index is 0.00301. The van der Waals surface area contributed by atoms with Crippen molar-refractivity contribution in [2.45, 2.75) is 6.04 Å². The van der Waals surface area contributed by atoms with Gasteiger partial charge >= 0.3 is 0 Å². The molecule has 0 fully saturated rings. The van der Waals surface area contributed by atoms with Crippen molar-refractivity contribution < 1.29 is 24.2 Å². The maximum atomic E-state index is 13.3. The van der Waals surface area contributed by atoms with Gasteiger partial charge in [0, 0.05) is 5.69 Å². The Balaban J connectivity index is 1.82. The third-order valence-electron chi connectivity index (χ3n) is 5.46. The molecule has 1 atom stereocenters. The molecule has 0 unspecified atom stereocenters. The Bertz CT molecular complexity index is 1230. The summed E-state index contributed by atoms with van der Waals surface area (Å²) in [6.07, 6.45) is 3.03. The number of anilines is 1. The number of rotatable bonds is 7. The number of carbonyl (C=O) groups is 2. The lowest BCUT2D eigenvalue weighted by atomic mass is 9.95. The van der Waals surface area contributed by atoms with Gasteiger partial charge in [0.25, 0.3) is 5.91 Å². The molecule has 6 nitrogen and oxygen atoms in total. The van der Waals surface area contributed by atoms with E-state index in [1.54, 1.807) is 48.5 Å². The van der Waals surface area contributed by atoms with Crippen LogP contribution in [-0.2, 0) is 9.59 Å². The second-order valence-electron chi connectivity index (χ2n) is 7.40. The lowest BCUT2D eigenvalue weighted by Crippen LogP contribution is -2.30. The average molecular weight is 441 g/mol. The van der Waals surface area contributed by atoms with Crippen LogP contribution in [0.5, 0.6) is 11.5 Å². The van der Waals surface area contributed by atoms with E-state index in [0.717, 1.165) is 5.56 Å². The number of methoxy groups -OCH3 is 2. The number of nitrogens with zero attached hydrogens (tertiary/aromatic N) is 1. The second-order valence-corrected chi connectivity index (χ2v) is 7.40. The summed E-state index contributed by atoms with van der Waals surface area (Å²) < 4.78 is 10.8. The van der Waals surface area contributed by atoms with Crippen molar-refractivity contribution in [3.05, 3.63) is 107 Å². The lowest BCUT2D eigenvalue weighted by Gasteiger charge is -2.27. The van der Waals surface area contributed by atoms with Crippen LogP contribution in [0.15, 0.2) is 96.3 Å². The third kappa shape index (κ3) is 4.23. The molecule has 0 aliphatic carbocycles. The van der Waals surface area contributed by atoms with Crippen molar-refractivity contribution in [3.63, 3.8) is 0 Å². The number of ether oxygens (including phenoxy) is 2. The Kier molecular flexibility index (Phi) is 6.26. The summed E-state index contributed by atoms with van der Waals surface area (Å²) in [4.78, 5) is 27.8. The molecular formula is C27H23NO5. The van der Waals surface area contributed by atoms with Gasteiger partial charge in [-0.15, -0.1) is 0 Å². The van der Waals surface area contributed by atoms with E-state index in [0.29, 0.717) is 22.7 Å². The summed E-state index contributed by atoms with van der Waals surface area (Å²) in [6.45, 7) is 0. The first-order chi connectivity index (χ1) is 16.0. The first-order valence-electron chi connectivity index (χ1n) is 10.4. The molecule has 4 rings (SSSR count). The number of benzene rings is 3. The standard InChI is InChI=1S/C27H23NO5/c1-32-22-16-14-19(17-23(22)33-2)25-24(21(29)15-13-18-9-5-3-6-10-18)26(30)27(31)28(25)20-11-7-4-8-12-20/h3-17,25,30H,1-2H3/b15-13+/t25-/m1/s1. The van der Waals surface area contributed by atoms with E-state index in [9.17, 15) is 14.7 Å². The number of hydrogen-bond donors (Lipinski definition) is 1. The van der Waals surface area contributed by atoms with Gasteiger partial charge in [-0.2, -0.15) is 0 Å². The maximum Gasteiger partial charge on any atom is 0.294 e. The molecule has 1 aliphatic rings. The van der Waals surface area contributed by atoms with Crippen molar-refractivity contribution in [1.82, 2.24) is 0 Å². The Labute approximate surface area is 192 Å². The summed E-state index contributed by atoms with van der Waals surface area (Å²) in [5, 5.41) is 10.8. The molecule has 0 saturated carbocycles. The fourth-order valence-electron chi connectivity index (χ4n) is 3.88. The van der Waals surface area contributed by atoms with Crippen molar-refractivity contribution in [2.75, 3.05) is 19.1 Å². The second kappa shape index (κ2) is 9.44. The molecule has 0 aromatic heterocycles. The number of hydrogen-bond acceptors (Lipinski definition) is 5.